The van der Waals surface area contributed by atoms with Crippen LogP contribution in [0.1, 0.15) is 0 Å². The van der Waals surface area contributed by atoms with E-state index in [2.05, 4.69) is 5.32 Å². The highest BCUT2D eigenvalue weighted by Gasteiger charge is 2.33. The lowest BCUT2D eigenvalue weighted by molar-refractivity contribution is -0.140. The van der Waals surface area contributed by atoms with Crippen molar-refractivity contribution in [2.75, 3.05) is 19.0 Å². The monoisotopic (exact) mass is 324 g/mol. The molecule has 1 aromatic rings. The van der Waals surface area contributed by atoms with Gasteiger partial charge in [0.05, 0.1) is 17.7 Å². The molecule has 8 heteroatoms. The number of rotatable bonds is 5. The Morgan fingerprint density at radius 3 is 2.90 bits per heavy atom. The number of para-hydroxylation sites is 2. The topological polar surface area (TPSA) is 78.9 Å². The third-order valence-electron chi connectivity index (χ3n) is 2.63. The van der Waals surface area contributed by atoms with E-state index in [0.717, 1.165) is 16.7 Å². The number of amides is 1. The van der Waals surface area contributed by atoms with Crippen LogP contribution in [0, 0.1) is 0 Å². The third kappa shape index (κ3) is 3.53. The van der Waals surface area contributed by atoms with Crippen LogP contribution in [0.3, 0.4) is 0 Å². The van der Waals surface area contributed by atoms with E-state index in [1.165, 1.54) is 6.20 Å². The number of nitrogens with one attached hydrogen (secondary N) is 1. The quantitative estimate of drug-likeness (QED) is 0.632. The Kier molecular flexibility index (Phi) is 4.81. The van der Waals surface area contributed by atoms with Crippen molar-refractivity contribution in [2.24, 2.45) is 0 Å². The Hall–Kier alpha value is -2.06. The van der Waals surface area contributed by atoms with Crippen LogP contribution in [0.5, 0.6) is 5.75 Å². The summed E-state index contributed by atoms with van der Waals surface area (Å²) in [6.07, 6.45) is 1.50. The van der Waals surface area contributed by atoms with Gasteiger partial charge in [0.1, 0.15) is 16.6 Å². The number of carbonyl (C=O) groups is 2. The van der Waals surface area contributed by atoms with Crippen LogP contribution in [0.4, 0.5) is 5.69 Å². The molecule has 0 aromatic heterocycles. The number of thioether (sulfide) groups is 1. The molecule has 6 nitrogen and oxygen atoms in total. The van der Waals surface area contributed by atoms with Crippen LogP contribution in [0.25, 0.3) is 0 Å². The molecule has 2 N–H and O–H groups in total. The van der Waals surface area contributed by atoms with Gasteiger partial charge in [-0.3, -0.25) is 14.5 Å². The Bertz CT molecular complexity index is 630. The molecule has 0 unspecified atom stereocenters. The molecule has 1 heterocycles. The van der Waals surface area contributed by atoms with Gasteiger partial charge in [-0.15, -0.1) is 0 Å². The summed E-state index contributed by atoms with van der Waals surface area (Å²) in [7, 11) is 1.55. The lowest BCUT2D eigenvalue weighted by atomic mass is 10.3. The first-order chi connectivity index (χ1) is 10.0. The van der Waals surface area contributed by atoms with E-state index in [1.54, 1.807) is 19.2 Å². The van der Waals surface area contributed by atoms with E-state index in [0.29, 0.717) is 16.3 Å². The average molecular weight is 324 g/mol. The highest BCUT2D eigenvalue weighted by atomic mass is 32.2. The van der Waals surface area contributed by atoms with Crippen LogP contribution in [0.15, 0.2) is 35.4 Å². The van der Waals surface area contributed by atoms with E-state index in [4.69, 9.17) is 22.1 Å². The molecule has 0 bridgehead atoms. The molecule has 1 saturated heterocycles. The van der Waals surface area contributed by atoms with Gasteiger partial charge in [0.2, 0.25) is 0 Å². The van der Waals surface area contributed by atoms with Crippen molar-refractivity contribution in [2.45, 2.75) is 0 Å². The zero-order chi connectivity index (χ0) is 15.4. The summed E-state index contributed by atoms with van der Waals surface area (Å²) >= 11 is 6.06. The third-order valence-corrected chi connectivity index (χ3v) is 4.01. The summed E-state index contributed by atoms with van der Waals surface area (Å²) < 4.78 is 5.42. The highest BCUT2D eigenvalue weighted by molar-refractivity contribution is 8.26. The zero-order valence-electron chi connectivity index (χ0n) is 11.0. The van der Waals surface area contributed by atoms with Gasteiger partial charge in [-0.25, -0.2) is 0 Å². The molecule has 0 saturated carbocycles. The molecule has 1 aliphatic rings. The summed E-state index contributed by atoms with van der Waals surface area (Å²) in [6, 6.07) is 7.24. The van der Waals surface area contributed by atoms with Gasteiger partial charge in [-0.2, -0.15) is 0 Å². The van der Waals surface area contributed by atoms with Gasteiger partial charge in [-0.1, -0.05) is 36.1 Å². The van der Waals surface area contributed by atoms with Crippen molar-refractivity contribution in [3.63, 3.8) is 0 Å². The van der Waals surface area contributed by atoms with Crippen molar-refractivity contribution in [3.8, 4) is 5.75 Å². The number of nitrogens with zero attached hydrogens (tertiary/aromatic N) is 1. The Balaban J connectivity index is 2.14. The fourth-order valence-electron chi connectivity index (χ4n) is 1.68. The van der Waals surface area contributed by atoms with Crippen molar-refractivity contribution >= 4 is 45.9 Å². The number of anilines is 1. The second-order valence-electron chi connectivity index (χ2n) is 4.01. The van der Waals surface area contributed by atoms with Crippen molar-refractivity contribution < 1.29 is 19.4 Å². The van der Waals surface area contributed by atoms with Crippen molar-refractivity contribution in [1.29, 1.82) is 0 Å². The van der Waals surface area contributed by atoms with Gasteiger partial charge >= 0.3 is 5.97 Å². The molecular formula is C13H12N2O4S2. The Morgan fingerprint density at radius 2 is 2.24 bits per heavy atom. The summed E-state index contributed by atoms with van der Waals surface area (Å²) in [6.45, 7) is -0.434. The number of thiocarbonyl (C=S) groups is 1. The van der Waals surface area contributed by atoms with Crippen LogP contribution in [0.2, 0.25) is 0 Å². The number of ether oxygens (including phenoxy) is 1. The second-order valence-corrected chi connectivity index (χ2v) is 5.68. The van der Waals surface area contributed by atoms with Crippen molar-refractivity contribution in [1.82, 2.24) is 4.90 Å². The van der Waals surface area contributed by atoms with Gasteiger partial charge in [0.15, 0.2) is 0 Å². The molecule has 1 aliphatic heterocycles. The standard InChI is InChI=1S/C13H12N2O4S2/c1-19-9-5-3-2-4-8(9)14-6-10-12(18)15(7-11(16)17)13(20)21-10/h2-6,14H,7H2,1H3,(H,16,17). The first-order valence-corrected chi connectivity index (χ1v) is 7.10. The summed E-state index contributed by atoms with van der Waals surface area (Å²) in [5, 5.41) is 11.7. The smallest absolute Gasteiger partial charge is 0.323 e. The first-order valence-electron chi connectivity index (χ1n) is 5.88. The van der Waals surface area contributed by atoms with E-state index < -0.39 is 18.4 Å². The van der Waals surface area contributed by atoms with E-state index in [9.17, 15) is 9.59 Å². The van der Waals surface area contributed by atoms with Crippen LogP contribution < -0.4 is 10.1 Å². The molecular weight excluding hydrogens is 312 g/mol. The minimum atomic E-state index is -1.11. The fourth-order valence-corrected chi connectivity index (χ4v) is 2.86. The molecule has 1 aromatic carbocycles. The summed E-state index contributed by atoms with van der Waals surface area (Å²) in [5.74, 6) is -0.894. The normalized spacial score (nSPS) is 16.4. The molecule has 21 heavy (non-hydrogen) atoms. The van der Waals surface area contributed by atoms with Gasteiger partial charge in [0.25, 0.3) is 5.91 Å². The van der Waals surface area contributed by atoms with E-state index >= 15 is 0 Å². The number of methoxy groups -OCH3 is 1. The zero-order valence-corrected chi connectivity index (χ0v) is 12.7. The molecule has 1 amide bonds. The minimum Gasteiger partial charge on any atom is -0.495 e. The van der Waals surface area contributed by atoms with E-state index in [-0.39, 0.29) is 4.32 Å². The first kappa shape index (κ1) is 15.3. The molecule has 0 atom stereocenters. The highest BCUT2D eigenvalue weighted by Crippen LogP contribution is 2.31. The van der Waals surface area contributed by atoms with Gasteiger partial charge < -0.3 is 15.2 Å². The predicted molar refractivity (Wildman–Crippen MR) is 84.2 cm³/mol. The van der Waals surface area contributed by atoms with Gasteiger partial charge in [-0.05, 0) is 12.1 Å². The molecule has 0 radical (unpaired) electrons. The SMILES string of the molecule is COc1ccccc1NC=C1SC(=S)N(CC(=O)O)C1=O. The summed E-state index contributed by atoms with van der Waals surface area (Å²) in [5.41, 5.74) is 0.698. The largest absolute Gasteiger partial charge is 0.495 e. The number of carboxylic acid groups (broad SMARTS) is 1. The molecule has 2 rings (SSSR count). The number of hydrogen-bond acceptors (Lipinski definition) is 6. The average Bonchev–Trinajstić information content (AvgIpc) is 2.72. The number of aliphatic carboxylic acids is 1. The number of benzene rings is 1. The lowest BCUT2D eigenvalue weighted by Gasteiger charge is -2.10. The molecule has 1 fully saturated rings. The number of carboxylic acids is 1. The maximum Gasteiger partial charge on any atom is 0.323 e. The fraction of sp³-hybridized carbons (Fsp3) is 0.154. The predicted octanol–water partition coefficient (Wildman–Crippen LogP) is 1.89. The number of carbonyl (C=O) groups excluding carboxylic acids is 1. The van der Waals surface area contributed by atoms with Crippen LogP contribution in [-0.2, 0) is 9.59 Å². The summed E-state index contributed by atoms with van der Waals surface area (Å²) in [4.78, 5) is 24.1. The van der Waals surface area contributed by atoms with E-state index in [1.807, 2.05) is 12.1 Å². The minimum absolute atomic E-state index is 0.232. The molecule has 0 spiro atoms. The van der Waals surface area contributed by atoms with Crippen LogP contribution >= 0.6 is 24.0 Å². The van der Waals surface area contributed by atoms with Crippen molar-refractivity contribution in [3.05, 3.63) is 35.4 Å². The Morgan fingerprint density at radius 1 is 1.52 bits per heavy atom. The number of hydrogen-bond donors (Lipinski definition) is 2. The van der Waals surface area contributed by atoms with Crippen LogP contribution in [-0.4, -0.2) is 39.9 Å². The molecule has 0 aliphatic carbocycles. The Labute approximate surface area is 130 Å². The molecule has 110 valence electrons. The second kappa shape index (κ2) is 6.59. The maximum absolute atomic E-state index is 12.0. The van der Waals surface area contributed by atoms with Gasteiger partial charge in [0, 0.05) is 6.20 Å². The maximum atomic E-state index is 12.0. The lowest BCUT2D eigenvalue weighted by Crippen LogP contribution is -2.33.